The lowest BCUT2D eigenvalue weighted by molar-refractivity contribution is 0.0736. The van der Waals surface area contributed by atoms with Gasteiger partial charge in [-0.1, -0.05) is 72.8 Å². The Morgan fingerprint density at radius 3 is 1.91 bits per heavy atom. The molecular weight excluding hydrogens is 555 g/mol. The summed E-state index contributed by atoms with van der Waals surface area (Å²) in [6, 6.07) is 31.6. The number of anilines is 3. The summed E-state index contributed by atoms with van der Waals surface area (Å²) in [5.41, 5.74) is 9.95. The molecule has 2 heterocycles. The van der Waals surface area contributed by atoms with Gasteiger partial charge in [-0.2, -0.15) is 0 Å². The number of primary amides is 1. The molecule has 0 atom stereocenters. The second-order valence-corrected chi connectivity index (χ2v) is 11.1. The maximum Gasteiger partial charge on any atom is 0.324 e. The van der Waals surface area contributed by atoms with E-state index in [4.69, 9.17) is 5.73 Å². The van der Waals surface area contributed by atoms with Crippen LogP contribution in [0.4, 0.5) is 26.2 Å². The smallest absolute Gasteiger partial charge is 0.324 e. The van der Waals surface area contributed by atoms with Crippen LogP contribution in [0.2, 0.25) is 0 Å². The van der Waals surface area contributed by atoms with Crippen LogP contribution in [0.5, 0.6) is 0 Å². The van der Waals surface area contributed by atoms with Crippen LogP contribution in [0.25, 0.3) is 0 Å². The van der Waals surface area contributed by atoms with Crippen molar-refractivity contribution in [3.05, 3.63) is 126 Å². The van der Waals surface area contributed by atoms with Gasteiger partial charge in [0.1, 0.15) is 5.82 Å². The molecule has 2 aliphatic rings. The number of hydrogen-bond donors (Lipinski definition) is 2. The molecule has 8 nitrogen and oxygen atoms in total. The molecule has 2 saturated heterocycles. The van der Waals surface area contributed by atoms with E-state index in [-0.39, 0.29) is 17.6 Å². The average molecular weight is 593 g/mol. The highest BCUT2D eigenvalue weighted by Gasteiger charge is 2.30. The van der Waals surface area contributed by atoms with E-state index in [0.717, 1.165) is 31.9 Å². The summed E-state index contributed by atoms with van der Waals surface area (Å²) in [6.45, 7) is 5.46. The summed E-state index contributed by atoms with van der Waals surface area (Å²) < 4.78 is 15.1. The fourth-order valence-corrected chi connectivity index (χ4v) is 6.26. The minimum Gasteiger partial charge on any atom is -0.367 e. The highest BCUT2D eigenvalue weighted by molar-refractivity contribution is 6.04. The van der Waals surface area contributed by atoms with Crippen molar-refractivity contribution in [2.45, 2.75) is 6.04 Å². The third-order valence-electron chi connectivity index (χ3n) is 8.43. The number of nitrogens with one attached hydrogen (secondary N) is 1. The Bertz CT molecular complexity index is 1550. The zero-order chi connectivity index (χ0) is 30.5. The molecule has 4 aromatic rings. The molecule has 2 aliphatic heterocycles. The van der Waals surface area contributed by atoms with E-state index in [0.29, 0.717) is 37.4 Å². The number of halogens is 1. The summed E-state index contributed by atoms with van der Waals surface area (Å²) >= 11 is 0. The summed E-state index contributed by atoms with van der Waals surface area (Å²) in [6.07, 6.45) is 0. The highest BCUT2D eigenvalue weighted by Crippen LogP contribution is 2.38. The number of nitrogens with zero attached hydrogens (tertiary/aromatic N) is 4. The molecule has 4 aromatic carbocycles. The Morgan fingerprint density at radius 2 is 1.32 bits per heavy atom. The van der Waals surface area contributed by atoms with Crippen molar-refractivity contribution >= 4 is 29.0 Å². The van der Waals surface area contributed by atoms with E-state index in [1.54, 1.807) is 29.2 Å². The predicted molar refractivity (Wildman–Crippen MR) is 172 cm³/mol. The lowest BCUT2D eigenvalue weighted by Crippen LogP contribution is -2.48. The van der Waals surface area contributed by atoms with Crippen LogP contribution in [0.3, 0.4) is 0 Å². The van der Waals surface area contributed by atoms with Crippen molar-refractivity contribution in [3.8, 4) is 0 Å². The van der Waals surface area contributed by atoms with Gasteiger partial charge in [0, 0.05) is 57.9 Å². The van der Waals surface area contributed by atoms with E-state index in [1.807, 2.05) is 18.2 Å². The number of para-hydroxylation sites is 1. The molecule has 0 unspecified atom stereocenters. The minimum absolute atomic E-state index is 0.0416. The topological polar surface area (TPSA) is 85.1 Å². The first-order valence-corrected chi connectivity index (χ1v) is 15.1. The molecule has 0 aromatic heterocycles. The standard InChI is InChI=1S/C35H37FN6O2/c36-29-13-7-8-14-30(29)42(35(37)44)32-25-28(34(43)41-19-17-38-18-20-41)15-16-31(32)39-21-23-40(24-22-39)33(26-9-3-1-4-10-26)27-11-5-2-6-12-27/h1-16,25,33,38H,17-24H2,(H2,37,44). The highest BCUT2D eigenvalue weighted by atomic mass is 19.1. The fourth-order valence-electron chi connectivity index (χ4n) is 6.26. The van der Waals surface area contributed by atoms with Gasteiger partial charge >= 0.3 is 6.03 Å². The lowest BCUT2D eigenvalue weighted by Gasteiger charge is -2.41. The molecule has 0 aliphatic carbocycles. The first-order chi connectivity index (χ1) is 21.5. The van der Waals surface area contributed by atoms with Crippen molar-refractivity contribution in [1.82, 2.24) is 15.1 Å². The number of rotatable bonds is 7. The number of amides is 3. The molecule has 0 radical (unpaired) electrons. The SMILES string of the molecule is NC(=O)N(c1ccccc1F)c1cc(C(=O)N2CCNCC2)ccc1N1CCN(C(c2ccccc2)c2ccccc2)CC1. The number of carbonyl (C=O) groups excluding carboxylic acids is 2. The van der Waals surface area contributed by atoms with E-state index in [1.165, 1.54) is 28.2 Å². The molecule has 0 spiro atoms. The van der Waals surface area contributed by atoms with E-state index in [2.05, 4.69) is 63.6 Å². The Kier molecular flexibility index (Phi) is 8.86. The molecule has 226 valence electrons. The zero-order valence-corrected chi connectivity index (χ0v) is 24.6. The normalized spacial score (nSPS) is 15.8. The molecule has 44 heavy (non-hydrogen) atoms. The Morgan fingerprint density at radius 1 is 0.727 bits per heavy atom. The van der Waals surface area contributed by atoms with Gasteiger partial charge in [-0.3, -0.25) is 14.6 Å². The van der Waals surface area contributed by atoms with Gasteiger partial charge < -0.3 is 20.9 Å². The lowest BCUT2D eigenvalue weighted by atomic mass is 9.96. The van der Waals surface area contributed by atoms with Crippen molar-refractivity contribution in [2.24, 2.45) is 5.73 Å². The Labute approximate surface area is 257 Å². The number of urea groups is 1. The molecule has 0 saturated carbocycles. The molecule has 2 fully saturated rings. The maximum atomic E-state index is 15.1. The Hall–Kier alpha value is -4.73. The first-order valence-electron chi connectivity index (χ1n) is 15.1. The number of piperazine rings is 2. The first kappa shape index (κ1) is 29.3. The van der Waals surface area contributed by atoms with Gasteiger partial charge in [0.15, 0.2) is 0 Å². The van der Waals surface area contributed by atoms with Crippen LogP contribution in [-0.4, -0.2) is 74.1 Å². The largest absolute Gasteiger partial charge is 0.367 e. The number of carbonyl (C=O) groups is 2. The second kappa shape index (κ2) is 13.3. The van der Waals surface area contributed by atoms with Crippen LogP contribution < -0.4 is 20.9 Å². The molecule has 0 bridgehead atoms. The number of nitrogens with two attached hydrogens (primary N) is 1. The number of hydrogen-bond acceptors (Lipinski definition) is 5. The summed E-state index contributed by atoms with van der Waals surface area (Å²) in [5.74, 6) is -0.704. The van der Waals surface area contributed by atoms with Gasteiger partial charge in [-0.15, -0.1) is 0 Å². The van der Waals surface area contributed by atoms with Crippen LogP contribution >= 0.6 is 0 Å². The summed E-state index contributed by atoms with van der Waals surface area (Å²) in [5, 5.41) is 3.26. The van der Waals surface area contributed by atoms with E-state index >= 15 is 4.39 Å². The van der Waals surface area contributed by atoms with Crippen LogP contribution in [0, 0.1) is 5.82 Å². The van der Waals surface area contributed by atoms with Gasteiger partial charge in [0.25, 0.3) is 5.91 Å². The average Bonchev–Trinajstić information content (AvgIpc) is 3.07. The van der Waals surface area contributed by atoms with Crippen molar-refractivity contribution in [1.29, 1.82) is 0 Å². The quantitative estimate of drug-likeness (QED) is 0.316. The summed E-state index contributed by atoms with van der Waals surface area (Å²) in [4.78, 5) is 34.1. The van der Waals surface area contributed by atoms with Crippen molar-refractivity contribution in [2.75, 3.05) is 62.2 Å². The van der Waals surface area contributed by atoms with Gasteiger partial charge in [0.05, 0.1) is 23.1 Å². The summed E-state index contributed by atoms with van der Waals surface area (Å²) in [7, 11) is 0. The number of benzene rings is 4. The van der Waals surface area contributed by atoms with E-state index < -0.39 is 11.8 Å². The van der Waals surface area contributed by atoms with Gasteiger partial charge in [0.2, 0.25) is 0 Å². The molecule has 3 amide bonds. The van der Waals surface area contributed by atoms with Crippen molar-refractivity contribution in [3.63, 3.8) is 0 Å². The van der Waals surface area contributed by atoms with Crippen LogP contribution in [-0.2, 0) is 0 Å². The van der Waals surface area contributed by atoms with E-state index in [9.17, 15) is 9.59 Å². The molecule has 6 rings (SSSR count). The monoisotopic (exact) mass is 592 g/mol. The zero-order valence-electron chi connectivity index (χ0n) is 24.6. The molecule has 3 N–H and O–H groups in total. The van der Waals surface area contributed by atoms with Crippen molar-refractivity contribution < 1.29 is 14.0 Å². The van der Waals surface area contributed by atoms with Crippen LogP contribution in [0.1, 0.15) is 27.5 Å². The van der Waals surface area contributed by atoms with Gasteiger partial charge in [-0.05, 0) is 41.5 Å². The fraction of sp³-hybridized carbons (Fsp3) is 0.257. The second-order valence-electron chi connectivity index (χ2n) is 11.1. The third-order valence-corrected chi connectivity index (χ3v) is 8.43. The van der Waals surface area contributed by atoms with Crippen LogP contribution in [0.15, 0.2) is 103 Å². The third kappa shape index (κ3) is 6.15. The predicted octanol–water partition coefficient (Wildman–Crippen LogP) is 5.00. The minimum atomic E-state index is -0.824. The maximum absolute atomic E-state index is 15.1. The molecular formula is C35H37FN6O2. The van der Waals surface area contributed by atoms with Gasteiger partial charge in [-0.25, -0.2) is 9.18 Å². The Balaban J connectivity index is 1.34. The molecule has 9 heteroatoms.